The molecule has 4 rings (SSSR count). The van der Waals surface area contributed by atoms with Gasteiger partial charge in [0.1, 0.15) is 5.82 Å². The summed E-state index contributed by atoms with van der Waals surface area (Å²) in [7, 11) is 0. The minimum Gasteiger partial charge on any atom is -0.387 e. The molecule has 4 heterocycles. The van der Waals surface area contributed by atoms with E-state index in [2.05, 4.69) is 20.1 Å². The first-order valence-electron chi connectivity index (χ1n) is 8.97. The number of aromatic nitrogens is 3. The van der Waals surface area contributed by atoms with Crippen molar-refractivity contribution in [3.63, 3.8) is 0 Å². The van der Waals surface area contributed by atoms with Gasteiger partial charge in [-0.15, -0.1) is 21.5 Å². The fraction of sp³-hybridized carbons (Fsp3) is 0.588. The second kappa shape index (κ2) is 7.73. The Balaban J connectivity index is 1.36. The molecule has 2 aliphatic rings. The van der Waals surface area contributed by atoms with E-state index in [9.17, 15) is 9.90 Å². The highest BCUT2D eigenvalue weighted by molar-refractivity contribution is 7.10. The van der Waals surface area contributed by atoms with Gasteiger partial charge >= 0.3 is 6.03 Å². The maximum absolute atomic E-state index is 12.7. The normalized spacial score (nSPS) is 20.8. The van der Waals surface area contributed by atoms with Gasteiger partial charge in [0.15, 0.2) is 5.82 Å². The van der Waals surface area contributed by atoms with Crippen LogP contribution in [-0.4, -0.2) is 56.6 Å². The van der Waals surface area contributed by atoms with Crippen LogP contribution in [0.5, 0.6) is 0 Å². The van der Waals surface area contributed by atoms with Gasteiger partial charge in [0.25, 0.3) is 0 Å². The number of ether oxygens (including phenoxy) is 1. The highest BCUT2D eigenvalue weighted by Gasteiger charge is 2.30. The Morgan fingerprint density at radius 1 is 1.46 bits per heavy atom. The summed E-state index contributed by atoms with van der Waals surface area (Å²) < 4.78 is 7.62. The third-order valence-corrected chi connectivity index (χ3v) is 5.91. The summed E-state index contributed by atoms with van der Waals surface area (Å²) in [5.74, 6) is 1.80. The predicted molar refractivity (Wildman–Crippen MR) is 95.8 cm³/mol. The SMILES string of the molecule is O=C(NCc1nnc2n1CCC2)N1CCOC[C@@H]1C[C@@H](O)c1cccs1. The van der Waals surface area contributed by atoms with Crippen LogP contribution < -0.4 is 5.32 Å². The summed E-state index contributed by atoms with van der Waals surface area (Å²) in [6.07, 6.45) is 1.91. The lowest BCUT2D eigenvalue weighted by Crippen LogP contribution is -2.52. The van der Waals surface area contributed by atoms with Crippen LogP contribution >= 0.6 is 11.3 Å². The lowest BCUT2D eigenvalue weighted by molar-refractivity contribution is -0.00658. The number of aliphatic hydroxyl groups is 1. The number of fused-ring (bicyclic) bond motifs is 1. The number of morpholine rings is 1. The molecule has 0 unspecified atom stereocenters. The molecule has 1 saturated heterocycles. The maximum Gasteiger partial charge on any atom is 0.318 e. The van der Waals surface area contributed by atoms with Crippen LogP contribution in [0.3, 0.4) is 0 Å². The number of rotatable bonds is 5. The van der Waals surface area contributed by atoms with Crippen molar-refractivity contribution in [1.29, 1.82) is 0 Å². The van der Waals surface area contributed by atoms with Gasteiger partial charge in [0.2, 0.25) is 0 Å². The standard InChI is InChI=1S/C17H23N5O3S/c23-13(14-3-2-8-26-14)9-12-11-25-7-6-21(12)17(24)18-10-16-20-19-15-4-1-5-22(15)16/h2-3,8,12-13,23H,1,4-7,9-11H2,(H,18,24)/t12-,13+/m0/s1. The Morgan fingerprint density at radius 3 is 3.23 bits per heavy atom. The van der Waals surface area contributed by atoms with E-state index in [1.54, 1.807) is 4.90 Å². The van der Waals surface area contributed by atoms with Crippen LogP contribution in [-0.2, 0) is 24.2 Å². The summed E-state index contributed by atoms with van der Waals surface area (Å²) in [5, 5.41) is 23.7. The van der Waals surface area contributed by atoms with Gasteiger partial charge in [-0.1, -0.05) is 6.07 Å². The second-order valence-corrected chi connectivity index (χ2v) is 7.61. The molecular weight excluding hydrogens is 354 g/mol. The van der Waals surface area contributed by atoms with Crippen molar-refractivity contribution in [3.05, 3.63) is 34.0 Å². The van der Waals surface area contributed by atoms with Crippen molar-refractivity contribution in [2.45, 2.75) is 44.5 Å². The summed E-state index contributed by atoms with van der Waals surface area (Å²) in [6, 6.07) is 3.54. The number of nitrogens with zero attached hydrogens (tertiary/aromatic N) is 4. The molecule has 0 aromatic carbocycles. The quantitative estimate of drug-likeness (QED) is 0.820. The van der Waals surface area contributed by atoms with Crippen LogP contribution in [0.25, 0.3) is 0 Å². The molecule has 2 atom stereocenters. The smallest absolute Gasteiger partial charge is 0.318 e. The van der Waals surface area contributed by atoms with E-state index in [1.807, 2.05) is 17.5 Å². The highest BCUT2D eigenvalue weighted by Crippen LogP contribution is 2.26. The van der Waals surface area contributed by atoms with Gasteiger partial charge in [-0.05, 0) is 17.9 Å². The number of carbonyl (C=O) groups is 1. The van der Waals surface area contributed by atoms with E-state index in [1.165, 1.54) is 11.3 Å². The number of hydrogen-bond donors (Lipinski definition) is 2. The average Bonchev–Trinajstić information content (AvgIpc) is 3.38. The lowest BCUT2D eigenvalue weighted by Gasteiger charge is -2.36. The Bertz CT molecular complexity index is 748. The molecule has 2 amide bonds. The number of carbonyl (C=O) groups excluding carboxylic acids is 1. The largest absolute Gasteiger partial charge is 0.387 e. The minimum atomic E-state index is -0.586. The number of aliphatic hydroxyl groups excluding tert-OH is 1. The lowest BCUT2D eigenvalue weighted by atomic mass is 10.1. The molecule has 1 fully saturated rings. The van der Waals surface area contributed by atoms with Gasteiger partial charge in [-0.2, -0.15) is 0 Å². The zero-order valence-corrected chi connectivity index (χ0v) is 15.3. The van der Waals surface area contributed by atoms with E-state index < -0.39 is 6.10 Å². The molecule has 2 aromatic rings. The maximum atomic E-state index is 12.7. The first kappa shape index (κ1) is 17.4. The van der Waals surface area contributed by atoms with Crippen LogP contribution in [0.1, 0.15) is 35.5 Å². The number of urea groups is 1. The minimum absolute atomic E-state index is 0.146. The van der Waals surface area contributed by atoms with E-state index in [4.69, 9.17) is 4.74 Å². The van der Waals surface area contributed by atoms with Crippen molar-refractivity contribution in [2.24, 2.45) is 0 Å². The van der Waals surface area contributed by atoms with Gasteiger partial charge < -0.3 is 24.6 Å². The zero-order valence-electron chi connectivity index (χ0n) is 14.5. The first-order chi connectivity index (χ1) is 12.7. The van der Waals surface area contributed by atoms with E-state index in [-0.39, 0.29) is 12.1 Å². The van der Waals surface area contributed by atoms with Crippen molar-refractivity contribution >= 4 is 17.4 Å². The third kappa shape index (κ3) is 3.60. The summed E-state index contributed by atoms with van der Waals surface area (Å²) >= 11 is 1.52. The summed E-state index contributed by atoms with van der Waals surface area (Å²) in [4.78, 5) is 15.4. The number of nitrogens with one attached hydrogen (secondary N) is 1. The number of aryl methyl sites for hydroxylation is 1. The fourth-order valence-corrected chi connectivity index (χ4v) is 4.29. The molecule has 26 heavy (non-hydrogen) atoms. The van der Waals surface area contributed by atoms with Crippen LogP contribution in [0, 0.1) is 0 Å². The number of amides is 2. The van der Waals surface area contributed by atoms with Gasteiger partial charge in [-0.25, -0.2) is 4.79 Å². The first-order valence-corrected chi connectivity index (χ1v) is 9.85. The molecule has 0 radical (unpaired) electrons. The van der Waals surface area contributed by atoms with E-state index in [0.29, 0.717) is 32.7 Å². The van der Waals surface area contributed by atoms with E-state index >= 15 is 0 Å². The van der Waals surface area contributed by atoms with Gasteiger partial charge in [-0.3, -0.25) is 0 Å². The number of thiophene rings is 1. The molecule has 2 aliphatic heterocycles. The average molecular weight is 377 g/mol. The molecule has 9 heteroatoms. The summed E-state index contributed by atoms with van der Waals surface area (Å²) in [6.45, 7) is 2.76. The van der Waals surface area contributed by atoms with Crippen LogP contribution in [0.2, 0.25) is 0 Å². The number of hydrogen-bond acceptors (Lipinski definition) is 6. The summed E-state index contributed by atoms with van der Waals surface area (Å²) in [5.41, 5.74) is 0. The third-order valence-electron chi connectivity index (χ3n) is 4.94. The zero-order chi connectivity index (χ0) is 17.9. The van der Waals surface area contributed by atoms with E-state index in [0.717, 1.165) is 35.9 Å². The molecule has 0 aliphatic carbocycles. The van der Waals surface area contributed by atoms with Gasteiger partial charge in [0, 0.05) is 30.8 Å². The molecule has 2 N–H and O–H groups in total. The molecule has 0 saturated carbocycles. The van der Waals surface area contributed by atoms with Crippen LogP contribution in [0.4, 0.5) is 4.79 Å². The molecule has 2 aromatic heterocycles. The Hall–Kier alpha value is -1.97. The highest BCUT2D eigenvalue weighted by atomic mass is 32.1. The van der Waals surface area contributed by atoms with Crippen molar-refractivity contribution in [2.75, 3.05) is 19.8 Å². The van der Waals surface area contributed by atoms with Crippen molar-refractivity contribution in [1.82, 2.24) is 25.0 Å². The van der Waals surface area contributed by atoms with Crippen molar-refractivity contribution < 1.29 is 14.6 Å². The predicted octanol–water partition coefficient (Wildman–Crippen LogP) is 1.32. The topological polar surface area (TPSA) is 92.5 Å². The fourth-order valence-electron chi connectivity index (χ4n) is 3.57. The monoisotopic (exact) mass is 377 g/mol. The molecule has 0 spiro atoms. The molecule has 8 nitrogen and oxygen atoms in total. The van der Waals surface area contributed by atoms with Gasteiger partial charge in [0.05, 0.1) is 31.9 Å². The molecular formula is C17H23N5O3S. The molecule has 0 bridgehead atoms. The van der Waals surface area contributed by atoms with Crippen molar-refractivity contribution in [3.8, 4) is 0 Å². The Labute approximate surface area is 155 Å². The Morgan fingerprint density at radius 2 is 2.38 bits per heavy atom. The molecule has 140 valence electrons. The van der Waals surface area contributed by atoms with Crippen LogP contribution in [0.15, 0.2) is 17.5 Å². The second-order valence-electron chi connectivity index (χ2n) is 6.64. The Kier molecular flexibility index (Phi) is 5.18.